The van der Waals surface area contributed by atoms with Crippen LogP contribution in [0.3, 0.4) is 0 Å². The van der Waals surface area contributed by atoms with E-state index in [2.05, 4.69) is 20.5 Å². The second-order valence-corrected chi connectivity index (χ2v) is 8.48. The van der Waals surface area contributed by atoms with E-state index in [0.29, 0.717) is 28.2 Å². The highest BCUT2D eigenvalue weighted by molar-refractivity contribution is 8.00. The van der Waals surface area contributed by atoms with Crippen molar-refractivity contribution >= 4 is 34.1 Å². The van der Waals surface area contributed by atoms with Gasteiger partial charge in [-0.2, -0.15) is 0 Å². The number of hydrogen-bond donors (Lipinski definition) is 1. The number of thiazole rings is 1. The van der Waals surface area contributed by atoms with Gasteiger partial charge in [0.25, 0.3) is 0 Å². The number of aryl methyl sites for hydroxylation is 2. The first kappa shape index (κ1) is 19.5. The fourth-order valence-corrected chi connectivity index (χ4v) is 4.18. The molecule has 3 aromatic rings. The number of rotatable bonds is 6. The molecule has 0 radical (unpaired) electrons. The van der Waals surface area contributed by atoms with Gasteiger partial charge < -0.3 is 9.88 Å². The highest BCUT2D eigenvalue weighted by Crippen LogP contribution is 2.28. The number of halogens is 1. The van der Waals surface area contributed by atoms with E-state index in [1.54, 1.807) is 12.1 Å². The van der Waals surface area contributed by atoms with Gasteiger partial charge in [-0.05, 0) is 39.8 Å². The van der Waals surface area contributed by atoms with E-state index in [9.17, 15) is 9.18 Å². The Morgan fingerprint density at radius 1 is 1.37 bits per heavy atom. The van der Waals surface area contributed by atoms with Gasteiger partial charge in [0.2, 0.25) is 5.91 Å². The molecule has 0 fully saturated rings. The van der Waals surface area contributed by atoms with Crippen LogP contribution >= 0.6 is 23.1 Å². The van der Waals surface area contributed by atoms with Crippen molar-refractivity contribution in [1.29, 1.82) is 0 Å². The summed E-state index contributed by atoms with van der Waals surface area (Å²) in [7, 11) is 0. The first-order valence-electron chi connectivity index (χ1n) is 8.49. The number of thioether (sulfide) groups is 1. The Morgan fingerprint density at radius 2 is 2.15 bits per heavy atom. The van der Waals surface area contributed by atoms with Gasteiger partial charge in [-0.15, -0.1) is 21.5 Å². The van der Waals surface area contributed by atoms with Gasteiger partial charge in [0, 0.05) is 17.0 Å². The molecule has 9 heteroatoms. The number of nitrogens with one attached hydrogen (secondary N) is 1. The summed E-state index contributed by atoms with van der Waals surface area (Å²) in [6.45, 7) is 8.27. The largest absolute Gasteiger partial charge is 0.302 e. The predicted octanol–water partition coefficient (Wildman–Crippen LogP) is 4.30. The molecule has 0 aliphatic heterocycles. The molecule has 0 bridgehead atoms. The van der Waals surface area contributed by atoms with Crippen LogP contribution in [0.1, 0.15) is 24.4 Å². The lowest BCUT2D eigenvalue weighted by Gasteiger charge is -2.11. The van der Waals surface area contributed by atoms with Gasteiger partial charge >= 0.3 is 0 Å². The van der Waals surface area contributed by atoms with Gasteiger partial charge in [0.1, 0.15) is 5.82 Å². The van der Waals surface area contributed by atoms with E-state index >= 15 is 0 Å². The number of carbonyl (C=O) groups is 1. The third-order valence-corrected chi connectivity index (χ3v) is 6.09. The minimum absolute atomic E-state index is 0.147. The van der Waals surface area contributed by atoms with Crippen LogP contribution in [0, 0.1) is 19.7 Å². The lowest BCUT2D eigenvalue weighted by Crippen LogP contribution is -2.22. The maximum atomic E-state index is 13.5. The van der Waals surface area contributed by atoms with E-state index in [-0.39, 0.29) is 17.0 Å². The number of nitrogens with zero attached hydrogens (tertiary/aromatic N) is 4. The van der Waals surface area contributed by atoms with E-state index in [1.807, 2.05) is 32.3 Å². The fraction of sp³-hybridized carbons (Fsp3) is 0.333. The van der Waals surface area contributed by atoms with Crippen LogP contribution in [-0.4, -0.2) is 30.9 Å². The average molecular weight is 406 g/mol. The zero-order valence-corrected chi connectivity index (χ0v) is 17.1. The molecule has 1 atom stereocenters. The summed E-state index contributed by atoms with van der Waals surface area (Å²) in [5, 5.41) is 12.1. The average Bonchev–Trinajstić information content (AvgIpc) is 3.17. The van der Waals surface area contributed by atoms with E-state index < -0.39 is 0 Å². The minimum Gasteiger partial charge on any atom is -0.302 e. The normalized spacial score (nSPS) is 12.2. The first-order chi connectivity index (χ1) is 12.9. The van der Waals surface area contributed by atoms with Crippen molar-refractivity contribution in [3.63, 3.8) is 0 Å². The fourth-order valence-electron chi connectivity index (χ4n) is 2.45. The van der Waals surface area contributed by atoms with Crippen molar-refractivity contribution in [2.24, 2.45) is 0 Å². The lowest BCUT2D eigenvalue weighted by atomic mass is 10.2. The van der Waals surface area contributed by atoms with Crippen LogP contribution in [0.5, 0.6) is 0 Å². The third-order valence-electron chi connectivity index (χ3n) is 4.03. The van der Waals surface area contributed by atoms with Gasteiger partial charge in [-0.3, -0.25) is 4.79 Å². The first-order valence-corrected chi connectivity index (χ1v) is 10.2. The summed E-state index contributed by atoms with van der Waals surface area (Å²) in [5.41, 5.74) is 1.57. The van der Waals surface area contributed by atoms with E-state index in [4.69, 9.17) is 0 Å². The van der Waals surface area contributed by atoms with Crippen molar-refractivity contribution in [3.05, 3.63) is 40.7 Å². The van der Waals surface area contributed by atoms with Crippen LogP contribution in [0.25, 0.3) is 11.4 Å². The van der Waals surface area contributed by atoms with Crippen molar-refractivity contribution in [3.8, 4) is 11.4 Å². The highest BCUT2D eigenvalue weighted by atomic mass is 32.2. The molecular formula is C18H20FN5OS2. The lowest BCUT2D eigenvalue weighted by molar-refractivity contribution is -0.115. The predicted molar refractivity (Wildman–Crippen MR) is 107 cm³/mol. The molecule has 0 aliphatic rings. The van der Waals surface area contributed by atoms with Gasteiger partial charge in [-0.1, -0.05) is 23.9 Å². The number of aromatic nitrogens is 4. The monoisotopic (exact) mass is 405 g/mol. The molecule has 1 aromatic carbocycles. The SMILES string of the molecule is CCn1c(S[C@H](C)C(=O)Nc2nc(C)c(C)s2)nnc1-c1cccc(F)c1. The molecule has 0 saturated carbocycles. The summed E-state index contributed by atoms with van der Waals surface area (Å²) in [4.78, 5) is 17.9. The third kappa shape index (κ3) is 4.36. The van der Waals surface area contributed by atoms with Crippen molar-refractivity contribution < 1.29 is 9.18 Å². The van der Waals surface area contributed by atoms with Gasteiger partial charge in [-0.25, -0.2) is 9.37 Å². The zero-order chi connectivity index (χ0) is 19.6. The smallest absolute Gasteiger partial charge is 0.239 e. The Bertz CT molecular complexity index is 949. The molecule has 0 aliphatic carbocycles. The quantitative estimate of drug-likeness (QED) is 0.619. The minimum atomic E-state index is -0.385. The van der Waals surface area contributed by atoms with E-state index in [0.717, 1.165) is 10.6 Å². The van der Waals surface area contributed by atoms with Crippen molar-refractivity contribution in [2.45, 2.75) is 44.6 Å². The molecule has 142 valence electrons. The molecule has 1 amide bonds. The summed E-state index contributed by atoms with van der Waals surface area (Å²) >= 11 is 2.77. The standard InChI is InChI=1S/C18H20FN5OS2/c1-5-24-15(13-7-6-8-14(19)9-13)22-23-18(24)27-12(4)16(25)21-17-20-10(2)11(3)26-17/h6-9,12H,5H2,1-4H3,(H,20,21,25)/t12-/m1/s1. The maximum Gasteiger partial charge on any atom is 0.239 e. The number of hydrogen-bond acceptors (Lipinski definition) is 6. The second kappa shape index (κ2) is 8.18. The number of carbonyl (C=O) groups excluding carboxylic acids is 1. The van der Waals surface area contributed by atoms with Crippen LogP contribution in [0.2, 0.25) is 0 Å². The Labute approximate surface area is 165 Å². The summed E-state index contributed by atoms with van der Waals surface area (Å²) in [6, 6.07) is 6.24. The molecule has 27 heavy (non-hydrogen) atoms. The summed E-state index contributed by atoms with van der Waals surface area (Å²) in [6.07, 6.45) is 0. The molecular weight excluding hydrogens is 385 g/mol. The Morgan fingerprint density at radius 3 is 2.78 bits per heavy atom. The maximum absolute atomic E-state index is 13.5. The number of benzene rings is 1. The van der Waals surface area contributed by atoms with Crippen LogP contribution in [0.15, 0.2) is 29.4 Å². The Kier molecular flexibility index (Phi) is 5.91. The topological polar surface area (TPSA) is 72.7 Å². The summed E-state index contributed by atoms with van der Waals surface area (Å²) in [5.74, 6) is 0.110. The zero-order valence-electron chi connectivity index (χ0n) is 15.5. The second-order valence-electron chi connectivity index (χ2n) is 5.97. The Balaban J connectivity index is 1.75. The molecule has 1 N–H and O–H groups in total. The molecule has 0 spiro atoms. The van der Waals surface area contributed by atoms with Crippen LogP contribution in [-0.2, 0) is 11.3 Å². The number of anilines is 1. The van der Waals surface area contributed by atoms with E-state index in [1.165, 1.54) is 35.2 Å². The Hall–Kier alpha value is -2.26. The molecule has 2 aromatic heterocycles. The van der Waals surface area contributed by atoms with Crippen LogP contribution < -0.4 is 5.32 Å². The van der Waals surface area contributed by atoms with Gasteiger partial charge in [0.15, 0.2) is 16.1 Å². The van der Waals surface area contributed by atoms with Crippen molar-refractivity contribution in [2.75, 3.05) is 5.32 Å². The molecule has 2 heterocycles. The highest BCUT2D eigenvalue weighted by Gasteiger charge is 2.21. The van der Waals surface area contributed by atoms with Gasteiger partial charge in [0.05, 0.1) is 10.9 Å². The summed E-state index contributed by atoms with van der Waals surface area (Å²) < 4.78 is 15.4. The van der Waals surface area contributed by atoms with Crippen molar-refractivity contribution in [1.82, 2.24) is 19.7 Å². The molecule has 3 rings (SSSR count). The molecule has 6 nitrogen and oxygen atoms in total. The number of amides is 1. The molecule has 0 unspecified atom stereocenters. The molecule has 0 saturated heterocycles. The van der Waals surface area contributed by atoms with Crippen LogP contribution in [0.4, 0.5) is 9.52 Å².